The van der Waals surface area contributed by atoms with Crippen LogP contribution in [0.4, 0.5) is 5.13 Å². The van der Waals surface area contributed by atoms with Crippen LogP contribution in [0.2, 0.25) is 0 Å². The first kappa shape index (κ1) is 23.5. The van der Waals surface area contributed by atoms with E-state index in [-0.39, 0.29) is 5.57 Å². The van der Waals surface area contributed by atoms with E-state index in [9.17, 15) is 10.1 Å². The fourth-order valence-electron chi connectivity index (χ4n) is 3.01. The van der Waals surface area contributed by atoms with Gasteiger partial charge in [-0.25, -0.2) is 0 Å². The molecule has 0 spiro atoms. The quantitative estimate of drug-likeness (QED) is 0.196. The lowest BCUT2D eigenvalue weighted by Gasteiger charge is -2.14. The van der Waals surface area contributed by atoms with Gasteiger partial charge in [0.1, 0.15) is 24.8 Å². The molecule has 4 aromatic rings. The largest absolute Gasteiger partial charge is 0.485 e. The van der Waals surface area contributed by atoms with Gasteiger partial charge in [0.25, 0.3) is 5.91 Å². The number of hydrogen-bond donors (Lipinski definition) is 1. The van der Waals surface area contributed by atoms with Crippen LogP contribution in [-0.4, -0.2) is 16.1 Å². The van der Waals surface area contributed by atoms with Gasteiger partial charge in [-0.05, 0) is 34.9 Å². The Morgan fingerprint density at radius 1 is 0.943 bits per heavy atom. The number of aromatic nitrogens is 2. The van der Waals surface area contributed by atoms with Crippen molar-refractivity contribution in [1.29, 1.82) is 5.26 Å². The summed E-state index contributed by atoms with van der Waals surface area (Å²) in [6.07, 6.45) is 1.55. The van der Waals surface area contributed by atoms with Crippen LogP contribution in [0.15, 0.2) is 95.7 Å². The van der Waals surface area contributed by atoms with E-state index >= 15 is 0 Å². The number of nitrogens with zero attached hydrogens (tertiary/aromatic N) is 3. The summed E-state index contributed by atoms with van der Waals surface area (Å²) in [6.45, 7) is 0.751. The van der Waals surface area contributed by atoms with Gasteiger partial charge in [0, 0.05) is 0 Å². The standard InChI is InChI=1S/C27H20N4O3S/c28-16-23(26(32)30-27-31-29-19-35-27)13-11-20-12-14-24(33-17-21-7-3-1-4-8-21)25(15-20)34-18-22-9-5-2-6-10-22/h1-12,14-15,19H,17-18H2,(H,30,31,32). The molecule has 7 nitrogen and oxygen atoms in total. The normalized spacial score (nSPS) is 9.91. The third kappa shape index (κ3) is 6.89. The fourth-order valence-corrected chi connectivity index (χ4v) is 3.45. The lowest BCUT2D eigenvalue weighted by molar-refractivity contribution is -0.112. The Balaban J connectivity index is 1.56. The molecule has 1 N–H and O–H groups in total. The summed E-state index contributed by atoms with van der Waals surface area (Å²) in [5, 5.41) is 19.6. The average molecular weight is 481 g/mol. The number of ether oxygens (including phenoxy) is 2. The molecule has 0 atom stereocenters. The number of rotatable bonds is 9. The summed E-state index contributed by atoms with van der Waals surface area (Å²) >= 11 is 1.16. The molecule has 1 aromatic heterocycles. The van der Waals surface area contributed by atoms with Crippen LogP contribution >= 0.6 is 11.3 Å². The maximum atomic E-state index is 12.3. The highest BCUT2D eigenvalue weighted by atomic mass is 32.1. The lowest BCUT2D eigenvalue weighted by Crippen LogP contribution is -2.12. The van der Waals surface area contributed by atoms with Gasteiger partial charge < -0.3 is 9.47 Å². The summed E-state index contributed by atoms with van der Waals surface area (Å²) in [6, 6.07) is 26.9. The van der Waals surface area contributed by atoms with Gasteiger partial charge in [0.2, 0.25) is 5.13 Å². The van der Waals surface area contributed by atoms with Gasteiger partial charge in [-0.1, -0.05) is 83.8 Å². The van der Waals surface area contributed by atoms with Crippen LogP contribution in [0.1, 0.15) is 16.7 Å². The minimum absolute atomic E-state index is 0.184. The molecule has 0 radical (unpaired) electrons. The maximum Gasteiger partial charge on any atom is 0.276 e. The number of nitriles is 1. The number of benzene rings is 3. The molecule has 1 amide bonds. The van der Waals surface area contributed by atoms with Crippen molar-refractivity contribution in [2.24, 2.45) is 0 Å². The smallest absolute Gasteiger partial charge is 0.276 e. The van der Waals surface area contributed by atoms with Crippen LogP contribution < -0.4 is 14.8 Å². The molecular weight excluding hydrogens is 460 g/mol. The van der Waals surface area contributed by atoms with Crippen molar-refractivity contribution in [3.8, 4) is 17.6 Å². The molecule has 0 fully saturated rings. The van der Waals surface area contributed by atoms with E-state index in [2.05, 4.69) is 21.2 Å². The van der Waals surface area contributed by atoms with E-state index < -0.39 is 5.91 Å². The van der Waals surface area contributed by atoms with Gasteiger partial charge in [-0.2, -0.15) is 5.26 Å². The van der Waals surface area contributed by atoms with E-state index in [0.717, 1.165) is 22.5 Å². The first-order chi connectivity index (χ1) is 17.2. The lowest BCUT2D eigenvalue weighted by atomic mass is 10.1. The number of carbonyl (C=O) groups is 1. The molecule has 35 heavy (non-hydrogen) atoms. The minimum atomic E-state index is -0.608. The molecule has 3 aromatic carbocycles. The van der Waals surface area contributed by atoms with Crippen molar-refractivity contribution in [2.75, 3.05) is 5.32 Å². The third-order valence-electron chi connectivity index (χ3n) is 4.74. The Hall–Kier alpha value is -4.70. The van der Waals surface area contributed by atoms with Gasteiger partial charge >= 0.3 is 0 Å². The summed E-state index contributed by atoms with van der Waals surface area (Å²) < 4.78 is 12.1. The van der Waals surface area contributed by atoms with Crippen LogP contribution in [-0.2, 0) is 18.0 Å². The predicted octanol–water partition coefficient (Wildman–Crippen LogP) is 5.40. The maximum absolute atomic E-state index is 12.3. The fraction of sp³-hybridized carbons (Fsp3) is 0.0741. The summed E-state index contributed by atoms with van der Waals surface area (Å²) in [7, 11) is 0. The van der Waals surface area contributed by atoms with E-state index in [1.165, 1.54) is 5.51 Å². The molecule has 0 aliphatic heterocycles. The van der Waals surface area contributed by atoms with Crippen LogP contribution in [0, 0.1) is 11.3 Å². The Bertz CT molecular complexity index is 1380. The Labute approximate surface area is 206 Å². The van der Waals surface area contributed by atoms with E-state index in [4.69, 9.17) is 9.47 Å². The first-order valence-electron chi connectivity index (χ1n) is 10.6. The number of amides is 1. The number of nitrogens with one attached hydrogen (secondary N) is 1. The zero-order chi connectivity index (χ0) is 24.3. The zero-order valence-corrected chi connectivity index (χ0v) is 19.4. The molecule has 172 valence electrons. The predicted molar refractivity (Wildman–Crippen MR) is 134 cm³/mol. The van der Waals surface area contributed by atoms with Gasteiger partial charge in [-0.15, -0.1) is 10.2 Å². The second-order valence-corrected chi connectivity index (χ2v) is 8.06. The van der Waals surface area contributed by atoms with E-state index in [0.29, 0.717) is 35.4 Å². The second-order valence-electron chi connectivity index (χ2n) is 7.23. The first-order valence-corrected chi connectivity index (χ1v) is 11.5. The zero-order valence-electron chi connectivity index (χ0n) is 18.5. The van der Waals surface area contributed by atoms with Crippen molar-refractivity contribution in [3.63, 3.8) is 0 Å². The highest BCUT2D eigenvalue weighted by Gasteiger charge is 2.11. The van der Waals surface area contributed by atoms with Crippen LogP contribution in [0.3, 0.4) is 0 Å². The highest BCUT2D eigenvalue weighted by Crippen LogP contribution is 2.30. The molecule has 0 aliphatic carbocycles. The minimum Gasteiger partial charge on any atom is -0.485 e. The monoisotopic (exact) mass is 480 g/mol. The van der Waals surface area contributed by atoms with Gasteiger partial charge in [0.05, 0.1) is 0 Å². The molecule has 0 saturated heterocycles. The Morgan fingerprint density at radius 3 is 2.20 bits per heavy atom. The molecule has 0 unspecified atom stereocenters. The number of hydrogen-bond acceptors (Lipinski definition) is 7. The molecule has 8 heteroatoms. The number of carbonyl (C=O) groups excluding carboxylic acids is 1. The second kappa shape index (κ2) is 12.0. The topological polar surface area (TPSA) is 97.1 Å². The molecule has 0 saturated carbocycles. The van der Waals surface area contributed by atoms with Crippen molar-refractivity contribution >= 4 is 28.5 Å². The molecular formula is C27H20N4O3S. The Kier molecular flexibility index (Phi) is 8.01. The van der Waals surface area contributed by atoms with Crippen molar-refractivity contribution in [2.45, 2.75) is 13.2 Å². The van der Waals surface area contributed by atoms with E-state index in [1.807, 2.05) is 66.7 Å². The molecule has 1 heterocycles. The van der Waals surface area contributed by atoms with Gasteiger partial charge in [-0.3, -0.25) is 10.1 Å². The van der Waals surface area contributed by atoms with Crippen molar-refractivity contribution in [3.05, 3.63) is 112 Å². The van der Waals surface area contributed by atoms with Crippen LogP contribution in [0.25, 0.3) is 6.08 Å². The van der Waals surface area contributed by atoms with Crippen molar-refractivity contribution in [1.82, 2.24) is 10.2 Å². The SMILES string of the molecule is N#CC(=C=Cc1ccc(OCc2ccccc2)c(OCc2ccccc2)c1)C(=O)Nc1nncs1. The van der Waals surface area contributed by atoms with E-state index in [1.54, 1.807) is 24.3 Å². The Morgan fingerprint density at radius 2 is 1.60 bits per heavy atom. The molecule has 4 rings (SSSR count). The summed E-state index contributed by atoms with van der Waals surface area (Å²) in [4.78, 5) is 12.3. The molecule has 0 bridgehead atoms. The van der Waals surface area contributed by atoms with Crippen LogP contribution in [0.5, 0.6) is 11.5 Å². The summed E-state index contributed by atoms with van der Waals surface area (Å²) in [5.74, 6) is 0.515. The highest BCUT2D eigenvalue weighted by molar-refractivity contribution is 7.13. The number of anilines is 1. The third-order valence-corrected chi connectivity index (χ3v) is 5.35. The average Bonchev–Trinajstić information content (AvgIpc) is 3.41. The summed E-state index contributed by atoms with van der Waals surface area (Å²) in [5.41, 5.74) is 6.80. The van der Waals surface area contributed by atoms with Gasteiger partial charge in [0.15, 0.2) is 17.1 Å². The molecule has 0 aliphatic rings. The van der Waals surface area contributed by atoms with Crippen molar-refractivity contribution < 1.29 is 14.3 Å².